The summed E-state index contributed by atoms with van der Waals surface area (Å²) in [6.45, 7) is 4.56. The van der Waals surface area contributed by atoms with Crippen molar-refractivity contribution in [2.75, 3.05) is 7.05 Å². The normalized spacial score (nSPS) is 38.1. The van der Waals surface area contributed by atoms with Crippen LogP contribution in [0.15, 0.2) is 0 Å². The van der Waals surface area contributed by atoms with Gasteiger partial charge >= 0.3 is 0 Å². The van der Waals surface area contributed by atoms with E-state index in [1.807, 2.05) is 0 Å². The van der Waals surface area contributed by atoms with Gasteiger partial charge in [-0.15, -0.1) is 0 Å². The minimum atomic E-state index is -0.162. The van der Waals surface area contributed by atoms with Gasteiger partial charge in [-0.25, -0.2) is 0 Å². The van der Waals surface area contributed by atoms with Gasteiger partial charge in [-0.3, -0.25) is 14.5 Å². The summed E-state index contributed by atoms with van der Waals surface area (Å²) in [6, 6.07) is 0.259. The van der Waals surface area contributed by atoms with Gasteiger partial charge in [0.25, 0.3) is 0 Å². The Bertz CT molecular complexity index is 343. The van der Waals surface area contributed by atoms with Gasteiger partial charge in [0, 0.05) is 19.5 Å². The predicted molar refractivity (Wildman–Crippen MR) is 69.9 cm³/mol. The Morgan fingerprint density at radius 2 is 1.89 bits per heavy atom. The average molecular weight is 252 g/mol. The molecule has 1 saturated heterocycles. The highest BCUT2D eigenvalue weighted by molar-refractivity contribution is 6.00. The van der Waals surface area contributed by atoms with Gasteiger partial charge in [0.15, 0.2) is 0 Å². The van der Waals surface area contributed by atoms with E-state index in [2.05, 4.69) is 19.2 Å². The second-order valence-corrected chi connectivity index (χ2v) is 5.92. The first-order valence-corrected chi connectivity index (χ1v) is 7.07. The molecule has 0 aromatic carbocycles. The molecule has 2 fully saturated rings. The fourth-order valence-corrected chi connectivity index (χ4v) is 3.15. The van der Waals surface area contributed by atoms with Crippen molar-refractivity contribution in [3.05, 3.63) is 0 Å². The maximum absolute atomic E-state index is 12.0. The van der Waals surface area contributed by atoms with Gasteiger partial charge < -0.3 is 5.32 Å². The largest absolute Gasteiger partial charge is 0.303 e. The summed E-state index contributed by atoms with van der Waals surface area (Å²) in [5, 5.41) is 3.50. The molecular formula is C14H24N2O2. The molecule has 1 aliphatic carbocycles. The molecule has 4 heteroatoms. The van der Waals surface area contributed by atoms with Crippen LogP contribution in [0.4, 0.5) is 0 Å². The Balaban J connectivity index is 1.96. The molecule has 1 saturated carbocycles. The van der Waals surface area contributed by atoms with E-state index in [9.17, 15) is 9.59 Å². The summed E-state index contributed by atoms with van der Waals surface area (Å²) in [6.07, 6.45) is 4.80. The van der Waals surface area contributed by atoms with Crippen molar-refractivity contribution in [1.29, 1.82) is 0 Å². The maximum atomic E-state index is 12.0. The van der Waals surface area contributed by atoms with Crippen LogP contribution in [0.25, 0.3) is 0 Å². The van der Waals surface area contributed by atoms with Gasteiger partial charge in [0.2, 0.25) is 11.8 Å². The second kappa shape index (κ2) is 5.39. The zero-order valence-corrected chi connectivity index (χ0v) is 11.6. The van der Waals surface area contributed by atoms with Gasteiger partial charge in [0.1, 0.15) is 0 Å². The molecule has 18 heavy (non-hydrogen) atoms. The van der Waals surface area contributed by atoms with Crippen LogP contribution in [0.3, 0.4) is 0 Å². The van der Waals surface area contributed by atoms with Gasteiger partial charge in [-0.2, -0.15) is 0 Å². The van der Waals surface area contributed by atoms with Crippen LogP contribution in [0.5, 0.6) is 0 Å². The van der Waals surface area contributed by atoms with Crippen molar-refractivity contribution >= 4 is 11.8 Å². The molecule has 0 radical (unpaired) electrons. The number of hydrogen-bond acceptors (Lipinski definition) is 3. The standard InChI is InChI=1S/C14H24N2O2/c1-9-5-4-6-11(10(9)2)15-12-7-8-13(17)16(3)14(12)18/h9-12,15H,4-8H2,1-3H3. The summed E-state index contributed by atoms with van der Waals surface area (Å²) in [5.74, 6) is 1.21. The fourth-order valence-electron chi connectivity index (χ4n) is 3.15. The van der Waals surface area contributed by atoms with Crippen molar-refractivity contribution in [1.82, 2.24) is 10.2 Å². The van der Waals surface area contributed by atoms with Crippen molar-refractivity contribution in [3.63, 3.8) is 0 Å². The minimum absolute atomic E-state index is 0.0527. The first-order chi connectivity index (χ1) is 8.50. The molecule has 1 heterocycles. The third-order valence-electron chi connectivity index (χ3n) is 4.77. The molecule has 0 bridgehead atoms. The number of imide groups is 1. The molecule has 0 aromatic rings. The lowest BCUT2D eigenvalue weighted by atomic mass is 9.77. The summed E-state index contributed by atoms with van der Waals surface area (Å²) < 4.78 is 0. The highest BCUT2D eigenvalue weighted by Crippen LogP contribution is 2.30. The highest BCUT2D eigenvalue weighted by Gasteiger charge is 2.35. The van der Waals surface area contributed by atoms with E-state index in [4.69, 9.17) is 0 Å². The SMILES string of the molecule is CC1CCCC(NC2CCC(=O)N(C)C2=O)C1C. The predicted octanol–water partition coefficient (Wildman–Crippen LogP) is 1.55. The van der Waals surface area contributed by atoms with Crippen LogP contribution < -0.4 is 5.32 Å². The van der Waals surface area contributed by atoms with E-state index in [0.717, 1.165) is 6.42 Å². The molecule has 4 nitrogen and oxygen atoms in total. The molecule has 0 spiro atoms. The first-order valence-electron chi connectivity index (χ1n) is 7.07. The van der Waals surface area contributed by atoms with E-state index < -0.39 is 0 Å². The zero-order valence-electron chi connectivity index (χ0n) is 11.6. The lowest BCUT2D eigenvalue weighted by Crippen LogP contribution is -2.56. The van der Waals surface area contributed by atoms with Crippen LogP contribution in [-0.4, -0.2) is 35.8 Å². The van der Waals surface area contributed by atoms with Crippen LogP contribution >= 0.6 is 0 Å². The molecule has 0 aromatic heterocycles. The maximum Gasteiger partial charge on any atom is 0.246 e. The smallest absolute Gasteiger partial charge is 0.246 e. The summed E-state index contributed by atoms with van der Waals surface area (Å²) in [5.41, 5.74) is 0. The van der Waals surface area contributed by atoms with Crippen LogP contribution in [-0.2, 0) is 9.59 Å². The number of nitrogens with one attached hydrogen (secondary N) is 1. The Kier molecular flexibility index (Phi) is 4.05. The van der Waals surface area contributed by atoms with Crippen LogP contribution in [0.2, 0.25) is 0 Å². The second-order valence-electron chi connectivity index (χ2n) is 5.92. The molecule has 4 atom stereocenters. The molecule has 102 valence electrons. The molecule has 2 aliphatic rings. The van der Waals surface area contributed by atoms with Gasteiger partial charge in [-0.1, -0.05) is 26.7 Å². The lowest BCUT2D eigenvalue weighted by Gasteiger charge is -2.38. The summed E-state index contributed by atoms with van der Waals surface area (Å²) in [4.78, 5) is 24.8. The van der Waals surface area contributed by atoms with E-state index in [1.165, 1.54) is 17.7 Å². The number of carbonyl (C=O) groups is 2. The number of amides is 2. The third kappa shape index (κ3) is 2.58. The monoisotopic (exact) mass is 252 g/mol. The molecular weight excluding hydrogens is 228 g/mol. The molecule has 1 aliphatic heterocycles. The van der Waals surface area contributed by atoms with E-state index in [0.29, 0.717) is 30.7 Å². The van der Waals surface area contributed by atoms with E-state index in [-0.39, 0.29) is 17.9 Å². The summed E-state index contributed by atoms with van der Waals surface area (Å²) in [7, 11) is 1.59. The van der Waals surface area contributed by atoms with Crippen LogP contribution in [0.1, 0.15) is 46.0 Å². The Morgan fingerprint density at radius 1 is 1.17 bits per heavy atom. The molecule has 2 rings (SSSR count). The van der Waals surface area contributed by atoms with E-state index in [1.54, 1.807) is 7.05 Å². The number of carbonyl (C=O) groups excluding carboxylic acids is 2. The highest BCUT2D eigenvalue weighted by atomic mass is 16.2. The number of hydrogen-bond donors (Lipinski definition) is 1. The topological polar surface area (TPSA) is 49.4 Å². The first kappa shape index (κ1) is 13.5. The number of likely N-dealkylation sites (tertiary alicyclic amines) is 1. The number of nitrogens with zero attached hydrogens (tertiary/aromatic N) is 1. The van der Waals surface area contributed by atoms with Crippen molar-refractivity contribution < 1.29 is 9.59 Å². The van der Waals surface area contributed by atoms with Crippen LogP contribution in [0, 0.1) is 11.8 Å². The Morgan fingerprint density at radius 3 is 2.61 bits per heavy atom. The number of likely N-dealkylation sites (N-methyl/N-ethyl adjacent to an activating group) is 1. The molecule has 1 N–H and O–H groups in total. The average Bonchev–Trinajstić information content (AvgIpc) is 2.35. The lowest BCUT2D eigenvalue weighted by molar-refractivity contribution is -0.148. The minimum Gasteiger partial charge on any atom is -0.303 e. The van der Waals surface area contributed by atoms with Crippen molar-refractivity contribution in [3.8, 4) is 0 Å². The quantitative estimate of drug-likeness (QED) is 0.759. The molecule has 4 unspecified atom stereocenters. The Labute approximate surface area is 109 Å². The van der Waals surface area contributed by atoms with E-state index >= 15 is 0 Å². The summed E-state index contributed by atoms with van der Waals surface area (Å²) >= 11 is 0. The Hall–Kier alpha value is -0.900. The number of rotatable bonds is 2. The van der Waals surface area contributed by atoms with Gasteiger partial charge in [-0.05, 0) is 24.7 Å². The third-order valence-corrected chi connectivity index (χ3v) is 4.77. The molecule has 2 amide bonds. The van der Waals surface area contributed by atoms with Gasteiger partial charge in [0.05, 0.1) is 6.04 Å². The van der Waals surface area contributed by atoms with Crippen molar-refractivity contribution in [2.24, 2.45) is 11.8 Å². The van der Waals surface area contributed by atoms with Crippen molar-refractivity contribution in [2.45, 2.75) is 58.0 Å². The fraction of sp³-hybridized carbons (Fsp3) is 0.857. The number of piperidine rings is 1. The zero-order chi connectivity index (χ0) is 13.3.